The maximum absolute atomic E-state index is 12.7. The summed E-state index contributed by atoms with van der Waals surface area (Å²) in [4.78, 5) is 45.5. The highest BCUT2D eigenvalue weighted by atomic mass is 32.2. The lowest BCUT2D eigenvalue weighted by Crippen LogP contribution is -2.35. The predicted molar refractivity (Wildman–Crippen MR) is 121 cm³/mol. The molecule has 3 N–H and O–H groups in total. The molecule has 13 heteroatoms. The molecule has 0 fully saturated rings. The quantitative estimate of drug-likeness (QED) is 0.179. The summed E-state index contributed by atoms with van der Waals surface area (Å²) in [6, 6.07) is 8.71. The van der Waals surface area contributed by atoms with Gasteiger partial charge in [0, 0.05) is 43.5 Å². The fraction of sp³-hybridized carbons (Fsp3) is 0.190. The first-order chi connectivity index (χ1) is 16.1. The van der Waals surface area contributed by atoms with E-state index < -0.39 is 37.3 Å². The van der Waals surface area contributed by atoms with Crippen molar-refractivity contribution in [3.05, 3.63) is 75.9 Å². The Kier molecular flexibility index (Phi) is 8.98. The molecule has 0 aromatic heterocycles. The molecule has 180 valence electrons. The van der Waals surface area contributed by atoms with Gasteiger partial charge in [0.2, 0.25) is 5.91 Å². The number of nitro groups is 1. The summed E-state index contributed by atoms with van der Waals surface area (Å²) >= 11 is 0. The molecule has 34 heavy (non-hydrogen) atoms. The molecule has 2 aromatic rings. The number of nitrogens with one attached hydrogen (secondary N) is 2. The Hall–Kier alpha value is -4.10. The smallest absolute Gasteiger partial charge is 0.290 e. The van der Waals surface area contributed by atoms with Crippen LogP contribution in [0, 0.1) is 10.1 Å². The van der Waals surface area contributed by atoms with Gasteiger partial charge in [-0.2, -0.15) is 0 Å². The summed E-state index contributed by atoms with van der Waals surface area (Å²) in [6.07, 6.45) is 2.55. The van der Waals surface area contributed by atoms with Crippen LogP contribution < -0.4 is 10.0 Å². The summed E-state index contributed by atoms with van der Waals surface area (Å²) in [5.41, 5.74) is -0.251. The molecular formula is C21H22N4O8S. The average molecular weight is 490 g/mol. The van der Waals surface area contributed by atoms with Crippen molar-refractivity contribution in [2.45, 2.75) is 11.5 Å². The van der Waals surface area contributed by atoms with Crippen LogP contribution in [-0.4, -0.2) is 61.6 Å². The standard InChI is InChI=1S/C21H22N4O8S/c1-24(20(28)3-2-12-26)11-10-22-21(29)16-6-9-19(18(13-16)25(30)31)34(32,33)23-17-7-4-15(14-27)5-8-17/h2-9,12-13,23,27H,10-11,14H2,1H3,(H,22,29)/b3-2-. The van der Waals surface area contributed by atoms with Gasteiger partial charge in [-0.1, -0.05) is 12.1 Å². The van der Waals surface area contributed by atoms with Crippen molar-refractivity contribution in [1.82, 2.24) is 10.2 Å². The Morgan fingerprint density at radius 2 is 1.85 bits per heavy atom. The molecule has 0 aliphatic heterocycles. The van der Waals surface area contributed by atoms with E-state index in [1.165, 1.54) is 36.2 Å². The van der Waals surface area contributed by atoms with E-state index in [0.717, 1.165) is 30.4 Å². The SMILES string of the molecule is CN(CCNC(=O)c1ccc(S(=O)(=O)Nc2ccc(CO)cc2)c([N+](=O)[O-])c1)C(=O)/C=C\C=O. The lowest BCUT2D eigenvalue weighted by Gasteiger charge is -2.15. The zero-order chi connectivity index (χ0) is 25.3. The van der Waals surface area contributed by atoms with Gasteiger partial charge in [0.1, 0.15) is 6.29 Å². The number of anilines is 1. The number of nitrogens with zero attached hydrogens (tertiary/aromatic N) is 2. The van der Waals surface area contributed by atoms with E-state index in [-0.39, 0.29) is 30.9 Å². The second kappa shape index (κ2) is 11.7. The number of hydrogen-bond acceptors (Lipinski definition) is 8. The number of likely N-dealkylation sites (N-methyl/N-ethyl adjacent to an activating group) is 1. The van der Waals surface area contributed by atoms with E-state index in [1.807, 2.05) is 0 Å². The number of hydrogen-bond donors (Lipinski definition) is 3. The molecule has 0 unspecified atom stereocenters. The van der Waals surface area contributed by atoms with E-state index in [4.69, 9.17) is 5.11 Å². The highest BCUT2D eigenvalue weighted by molar-refractivity contribution is 7.92. The van der Waals surface area contributed by atoms with Crippen molar-refractivity contribution in [2.75, 3.05) is 24.9 Å². The summed E-state index contributed by atoms with van der Waals surface area (Å²) < 4.78 is 27.7. The molecule has 2 aromatic carbocycles. The van der Waals surface area contributed by atoms with Crippen molar-refractivity contribution in [1.29, 1.82) is 0 Å². The molecule has 0 saturated carbocycles. The summed E-state index contributed by atoms with van der Waals surface area (Å²) in [6.45, 7) is -0.123. The van der Waals surface area contributed by atoms with Crippen LogP contribution >= 0.6 is 0 Å². The Bertz CT molecular complexity index is 1210. The Morgan fingerprint density at radius 1 is 1.18 bits per heavy atom. The number of amides is 2. The number of benzene rings is 2. The van der Waals surface area contributed by atoms with Crippen molar-refractivity contribution < 1.29 is 32.8 Å². The fourth-order valence-corrected chi connectivity index (χ4v) is 3.93. The molecule has 0 atom stereocenters. The van der Waals surface area contributed by atoms with Crippen LogP contribution in [0.15, 0.2) is 59.5 Å². The zero-order valence-electron chi connectivity index (χ0n) is 18.0. The number of sulfonamides is 1. The van der Waals surface area contributed by atoms with E-state index in [2.05, 4.69) is 10.0 Å². The minimum Gasteiger partial charge on any atom is -0.392 e. The third kappa shape index (κ3) is 6.95. The van der Waals surface area contributed by atoms with Gasteiger partial charge in [0.05, 0.1) is 11.5 Å². The Morgan fingerprint density at radius 3 is 2.44 bits per heavy atom. The maximum atomic E-state index is 12.7. The number of aliphatic hydroxyl groups excluding tert-OH is 1. The van der Waals surface area contributed by atoms with Crippen molar-refractivity contribution in [2.24, 2.45) is 0 Å². The van der Waals surface area contributed by atoms with E-state index >= 15 is 0 Å². The summed E-state index contributed by atoms with van der Waals surface area (Å²) in [5, 5.41) is 23.1. The van der Waals surface area contributed by atoms with Crippen molar-refractivity contribution in [3.8, 4) is 0 Å². The fourth-order valence-electron chi connectivity index (χ4n) is 2.72. The minimum atomic E-state index is -4.36. The predicted octanol–water partition coefficient (Wildman–Crippen LogP) is 0.831. The number of aldehydes is 1. The van der Waals surface area contributed by atoms with Crippen molar-refractivity contribution in [3.63, 3.8) is 0 Å². The van der Waals surface area contributed by atoms with Gasteiger partial charge in [0.15, 0.2) is 4.90 Å². The number of allylic oxidation sites excluding steroid dienone is 1. The molecule has 0 saturated heterocycles. The second-order valence-electron chi connectivity index (χ2n) is 6.91. The monoisotopic (exact) mass is 490 g/mol. The normalized spacial score (nSPS) is 11.1. The summed E-state index contributed by atoms with van der Waals surface area (Å²) in [7, 11) is -2.90. The van der Waals surface area contributed by atoms with Crippen LogP contribution in [0.3, 0.4) is 0 Å². The lowest BCUT2D eigenvalue weighted by atomic mass is 10.2. The van der Waals surface area contributed by atoms with Gasteiger partial charge in [-0.05, 0) is 35.9 Å². The average Bonchev–Trinajstić information content (AvgIpc) is 2.82. The number of aliphatic hydroxyl groups is 1. The molecule has 2 amide bonds. The molecule has 0 aliphatic rings. The third-order valence-electron chi connectivity index (χ3n) is 4.52. The molecule has 2 rings (SSSR count). The van der Waals surface area contributed by atoms with Crippen LogP contribution in [0.1, 0.15) is 15.9 Å². The van der Waals surface area contributed by atoms with Gasteiger partial charge in [-0.3, -0.25) is 29.2 Å². The highest BCUT2D eigenvalue weighted by Gasteiger charge is 2.27. The van der Waals surface area contributed by atoms with Gasteiger partial charge < -0.3 is 15.3 Å². The number of nitro benzene ring substituents is 1. The molecular weight excluding hydrogens is 468 g/mol. The van der Waals surface area contributed by atoms with E-state index in [1.54, 1.807) is 0 Å². The lowest BCUT2D eigenvalue weighted by molar-refractivity contribution is -0.387. The topological polar surface area (TPSA) is 176 Å². The second-order valence-corrected chi connectivity index (χ2v) is 8.56. The highest BCUT2D eigenvalue weighted by Crippen LogP contribution is 2.27. The van der Waals surface area contributed by atoms with E-state index in [0.29, 0.717) is 11.8 Å². The molecule has 0 radical (unpaired) electrons. The minimum absolute atomic E-state index is 0.00917. The maximum Gasteiger partial charge on any atom is 0.290 e. The van der Waals surface area contributed by atoms with Crippen LogP contribution in [0.5, 0.6) is 0 Å². The van der Waals surface area contributed by atoms with Gasteiger partial charge in [-0.25, -0.2) is 8.42 Å². The van der Waals surface area contributed by atoms with Crippen LogP contribution in [0.25, 0.3) is 0 Å². The first-order valence-electron chi connectivity index (χ1n) is 9.75. The molecule has 0 bridgehead atoms. The molecule has 0 heterocycles. The number of carbonyl (C=O) groups is 3. The molecule has 12 nitrogen and oxygen atoms in total. The van der Waals surface area contributed by atoms with E-state index in [9.17, 15) is 32.9 Å². The third-order valence-corrected chi connectivity index (χ3v) is 5.95. The largest absolute Gasteiger partial charge is 0.392 e. The van der Waals surface area contributed by atoms with Gasteiger partial charge in [-0.15, -0.1) is 0 Å². The number of rotatable bonds is 11. The van der Waals surface area contributed by atoms with Crippen LogP contribution in [0.2, 0.25) is 0 Å². The Labute approximate surface area is 195 Å². The number of carbonyl (C=O) groups excluding carboxylic acids is 3. The zero-order valence-corrected chi connectivity index (χ0v) is 18.8. The van der Waals surface area contributed by atoms with Crippen molar-refractivity contribution >= 4 is 39.5 Å². The van der Waals surface area contributed by atoms with Gasteiger partial charge >= 0.3 is 0 Å². The van der Waals surface area contributed by atoms with Crippen LogP contribution in [-0.2, 0) is 26.2 Å². The summed E-state index contributed by atoms with van der Waals surface area (Å²) in [5.74, 6) is -1.16. The molecule has 0 spiro atoms. The molecule has 0 aliphatic carbocycles. The van der Waals surface area contributed by atoms with Gasteiger partial charge in [0.25, 0.3) is 21.6 Å². The Balaban J connectivity index is 2.15. The van der Waals surface area contributed by atoms with Crippen LogP contribution in [0.4, 0.5) is 11.4 Å². The first kappa shape index (κ1) is 26.2. The first-order valence-corrected chi connectivity index (χ1v) is 11.2.